The van der Waals surface area contributed by atoms with E-state index in [1.165, 1.54) is 30.4 Å². The number of methoxy groups -OCH3 is 1. The molecule has 0 aliphatic heterocycles. The number of rotatable bonds is 7. The second-order valence-electron chi connectivity index (χ2n) is 6.96. The number of amides is 1. The van der Waals surface area contributed by atoms with E-state index in [0.717, 1.165) is 24.8 Å². The number of carbonyl (C=O) groups is 1. The van der Waals surface area contributed by atoms with Gasteiger partial charge in [0.25, 0.3) is 0 Å². The minimum absolute atomic E-state index is 0.119. The molecule has 1 aliphatic rings. The highest BCUT2D eigenvalue weighted by Crippen LogP contribution is 2.35. The molecule has 1 aromatic heterocycles. The van der Waals surface area contributed by atoms with Crippen molar-refractivity contribution in [2.24, 2.45) is 5.92 Å². The van der Waals surface area contributed by atoms with Crippen molar-refractivity contribution in [2.75, 3.05) is 18.7 Å². The molecule has 2 aromatic rings. The summed E-state index contributed by atoms with van der Waals surface area (Å²) in [7, 11) is -1.70. The molecule has 0 spiro atoms. The van der Waals surface area contributed by atoms with Gasteiger partial charge < -0.3 is 10.1 Å². The maximum atomic E-state index is 13.0. The van der Waals surface area contributed by atoms with Crippen molar-refractivity contribution in [3.05, 3.63) is 36.0 Å². The summed E-state index contributed by atoms with van der Waals surface area (Å²) >= 11 is 1.28. The van der Waals surface area contributed by atoms with Gasteiger partial charge in [-0.15, -0.1) is 0 Å². The average Bonchev–Trinajstić information content (AvgIpc) is 3.30. The third-order valence-corrected chi connectivity index (χ3v) is 6.99. The van der Waals surface area contributed by atoms with Crippen molar-refractivity contribution in [1.82, 2.24) is 4.98 Å². The Bertz CT molecular complexity index is 885. The molecule has 146 valence electrons. The highest BCUT2D eigenvalue weighted by molar-refractivity contribution is 7.90. The third-order valence-electron chi connectivity index (χ3n) is 4.99. The van der Waals surface area contributed by atoms with Gasteiger partial charge in [0.05, 0.1) is 24.1 Å². The lowest BCUT2D eigenvalue weighted by molar-refractivity contribution is -0.118. The Hall–Kier alpha value is -1.93. The molecule has 1 aromatic carbocycles. The first-order valence-corrected chi connectivity index (χ1v) is 11.7. The van der Waals surface area contributed by atoms with Crippen LogP contribution in [0.3, 0.4) is 0 Å². The molecule has 1 N–H and O–H groups in total. The molecule has 3 rings (SSSR count). The van der Waals surface area contributed by atoms with Gasteiger partial charge in [-0.3, -0.25) is 4.79 Å². The number of hydrogen-bond acceptors (Lipinski definition) is 6. The molecule has 27 heavy (non-hydrogen) atoms. The summed E-state index contributed by atoms with van der Waals surface area (Å²) in [5, 5.41) is 4.02. The lowest BCUT2D eigenvalue weighted by atomic mass is 9.87. The molecule has 1 fully saturated rings. The summed E-state index contributed by atoms with van der Waals surface area (Å²) in [6.07, 6.45) is 8.19. The molecule has 0 unspecified atom stereocenters. The van der Waals surface area contributed by atoms with E-state index in [4.69, 9.17) is 4.74 Å². The monoisotopic (exact) mass is 408 g/mol. The predicted molar refractivity (Wildman–Crippen MR) is 106 cm³/mol. The van der Waals surface area contributed by atoms with Crippen molar-refractivity contribution < 1.29 is 17.9 Å². The zero-order chi connectivity index (χ0) is 19.4. The van der Waals surface area contributed by atoms with Gasteiger partial charge in [-0.05, 0) is 30.0 Å². The van der Waals surface area contributed by atoms with Crippen molar-refractivity contribution in [3.63, 3.8) is 0 Å². The lowest BCUT2D eigenvalue weighted by Gasteiger charge is -2.20. The van der Waals surface area contributed by atoms with Crippen LogP contribution in [0.4, 0.5) is 5.13 Å². The van der Waals surface area contributed by atoms with Crippen LogP contribution in [-0.4, -0.2) is 32.7 Å². The second-order valence-corrected chi connectivity index (χ2v) is 9.97. The Morgan fingerprint density at radius 1 is 1.30 bits per heavy atom. The van der Waals surface area contributed by atoms with Gasteiger partial charge in [-0.2, -0.15) is 0 Å². The number of ether oxygens (including phenoxy) is 1. The zero-order valence-corrected chi connectivity index (χ0v) is 17.1. The molecule has 0 saturated heterocycles. The minimum Gasteiger partial charge on any atom is -0.486 e. The lowest BCUT2D eigenvalue weighted by Crippen LogP contribution is -2.23. The van der Waals surface area contributed by atoms with Crippen LogP contribution in [-0.2, 0) is 14.6 Å². The van der Waals surface area contributed by atoms with Crippen molar-refractivity contribution >= 4 is 32.2 Å². The standard InChI is InChI=1S/C19H24N2O4S2/c1-25-17-12-20-19(26-17)21-18(22)16(11-13-5-3-4-6-13)14-7-9-15(10-8-14)27(2,23)24/h7-10,12-13,16H,3-6,11H2,1-2H3,(H,20,21,22)/t16-/m1/s1. The molecule has 1 aliphatic carbocycles. The van der Waals surface area contributed by atoms with Gasteiger partial charge in [0, 0.05) is 6.26 Å². The largest absolute Gasteiger partial charge is 0.486 e. The average molecular weight is 409 g/mol. The van der Waals surface area contributed by atoms with Crippen molar-refractivity contribution in [3.8, 4) is 5.06 Å². The highest BCUT2D eigenvalue weighted by Gasteiger charge is 2.27. The molecule has 1 saturated carbocycles. The van der Waals surface area contributed by atoms with E-state index < -0.39 is 9.84 Å². The predicted octanol–water partition coefficient (Wildman–Crippen LogP) is 3.86. The number of sulfone groups is 1. The summed E-state index contributed by atoms with van der Waals surface area (Å²) in [6.45, 7) is 0. The Labute approximate surface area is 163 Å². The normalized spacial score (nSPS) is 16.2. The Morgan fingerprint density at radius 3 is 2.52 bits per heavy atom. The van der Waals surface area contributed by atoms with E-state index in [1.807, 2.05) is 0 Å². The molecule has 1 amide bonds. The van der Waals surface area contributed by atoms with E-state index in [0.29, 0.717) is 16.1 Å². The number of anilines is 1. The summed E-state index contributed by atoms with van der Waals surface area (Å²) in [4.78, 5) is 17.4. The quantitative estimate of drug-likeness (QED) is 0.752. The maximum absolute atomic E-state index is 13.0. The van der Waals surface area contributed by atoms with Gasteiger partial charge in [-0.1, -0.05) is 49.2 Å². The molecule has 1 atom stereocenters. The van der Waals surface area contributed by atoms with Crippen LogP contribution in [0.25, 0.3) is 0 Å². The number of thiazole rings is 1. The highest BCUT2D eigenvalue weighted by atomic mass is 32.2. The first-order chi connectivity index (χ1) is 12.9. The number of carbonyl (C=O) groups excluding carboxylic acids is 1. The van der Waals surface area contributed by atoms with Gasteiger partial charge in [0.1, 0.15) is 0 Å². The molecule has 0 bridgehead atoms. The molecule has 8 heteroatoms. The summed E-state index contributed by atoms with van der Waals surface area (Å²) in [5.41, 5.74) is 0.829. The number of hydrogen-bond donors (Lipinski definition) is 1. The molecule has 1 heterocycles. The first kappa shape index (κ1) is 19.8. The zero-order valence-electron chi connectivity index (χ0n) is 15.5. The topological polar surface area (TPSA) is 85.4 Å². The van der Waals surface area contributed by atoms with Crippen LogP contribution >= 0.6 is 11.3 Å². The number of nitrogens with zero attached hydrogens (tertiary/aromatic N) is 1. The van der Waals surface area contributed by atoms with Crippen LogP contribution in [0.5, 0.6) is 5.06 Å². The van der Waals surface area contributed by atoms with E-state index in [9.17, 15) is 13.2 Å². The molecule has 0 radical (unpaired) electrons. The van der Waals surface area contributed by atoms with Crippen LogP contribution < -0.4 is 10.1 Å². The fourth-order valence-electron chi connectivity index (χ4n) is 3.53. The number of nitrogens with one attached hydrogen (secondary N) is 1. The number of benzene rings is 1. The SMILES string of the molecule is COc1cnc(NC(=O)[C@H](CC2CCCC2)c2ccc(S(C)(=O)=O)cc2)s1. The second kappa shape index (κ2) is 8.39. The summed E-state index contributed by atoms with van der Waals surface area (Å²) in [6, 6.07) is 6.65. The Kier molecular flexibility index (Phi) is 6.16. The van der Waals surface area contributed by atoms with Gasteiger partial charge in [-0.25, -0.2) is 13.4 Å². The van der Waals surface area contributed by atoms with E-state index in [-0.39, 0.29) is 16.7 Å². The smallest absolute Gasteiger partial charge is 0.233 e. The Balaban J connectivity index is 1.82. The van der Waals surface area contributed by atoms with Crippen LogP contribution in [0, 0.1) is 5.92 Å². The molecular weight excluding hydrogens is 384 g/mol. The third kappa shape index (κ3) is 5.07. The van der Waals surface area contributed by atoms with E-state index >= 15 is 0 Å². The van der Waals surface area contributed by atoms with Crippen molar-refractivity contribution in [2.45, 2.75) is 42.9 Å². The molecular formula is C19H24N2O4S2. The van der Waals surface area contributed by atoms with Gasteiger partial charge in [0.2, 0.25) is 5.91 Å². The van der Waals surface area contributed by atoms with Gasteiger partial charge in [0.15, 0.2) is 20.0 Å². The van der Waals surface area contributed by atoms with Crippen LogP contribution in [0.2, 0.25) is 0 Å². The van der Waals surface area contributed by atoms with Crippen LogP contribution in [0.1, 0.15) is 43.6 Å². The van der Waals surface area contributed by atoms with E-state index in [1.54, 1.807) is 37.6 Å². The fourth-order valence-corrected chi connectivity index (χ4v) is 4.79. The van der Waals surface area contributed by atoms with Crippen LogP contribution in [0.15, 0.2) is 35.4 Å². The maximum Gasteiger partial charge on any atom is 0.233 e. The van der Waals surface area contributed by atoms with E-state index in [2.05, 4.69) is 10.3 Å². The van der Waals surface area contributed by atoms with Gasteiger partial charge >= 0.3 is 0 Å². The first-order valence-electron chi connectivity index (χ1n) is 8.97. The van der Waals surface area contributed by atoms with Crippen molar-refractivity contribution in [1.29, 1.82) is 0 Å². The minimum atomic E-state index is -3.26. The summed E-state index contributed by atoms with van der Waals surface area (Å²) < 4.78 is 28.5. The summed E-state index contributed by atoms with van der Waals surface area (Å²) in [5.74, 6) is 0.0591. The molecule has 6 nitrogen and oxygen atoms in total. The fraction of sp³-hybridized carbons (Fsp3) is 0.474. The number of aromatic nitrogens is 1. The Morgan fingerprint density at radius 2 is 1.96 bits per heavy atom.